The van der Waals surface area contributed by atoms with Gasteiger partial charge in [0.05, 0.1) is 13.2 Å². The number of hydrogen-bond acceptors (Lipinski definition) is 4. The Labute approximate surface area is 212 Å². The fourth-order valence-corrected chi connectivity index (χ4v) is 4.12. The Kier molecular flexibility index (Phi) is 9.93. The third-order valence-electron chi connectivity index (χ3n) is 5.75. The Morgan fingerprint density at radius 1 is 0.889 bits per heavy atom. The standard InChI is InChI=1S/C29H36F3N3O/c1-3-14-34-26-16-23(19-35-27(29(30,31)32)25-12-8-5-9-13-25)15-24(17-26)20-36-21-28(2,33)18-22-10-6-4-7-11-22/h4-13,15-17,27,34-35H,3,14,18-21,33H2,1-2H3. The van der Waals surface area contributed by atoms with Crippen molar-refractivity contribution in [2.75, 3.05) is 18.5 Å². The highest BCUT2D eigenvalue weighted by molar-refractivity contribution is 5.49. The van der Waals surface area contributed by atoms with Crippen molar-refractivity contribution >= 4 is 5.69 Å². The highest BCUT2D eigenvalue weighted by Crippen LogP contribution is 2.33. The van der Waals surface area contributed by atoms with Crippen LogP contribution in [0.3, 0.4) is 0 Å². The molecule has 0 radical (unpaired) electrons. The van der Waals surface area contributed by atoms with E-state index in [1.54, 1.807) is 18.2 Å². The van der Waals surface area contributed by atoms with Gasteiger partial charge in [-0.25, -0.2) is 0 Å². The molecule has 0 aliphatic carbocycles. The first kappa shape index (κ1) is 27.7. The van der Waals surface area contributed by atoms with Crippen molar-refractivity contribution in [1.82, 2.24) is 5.32 Å². The maximum absolute atomic E-state index is 13.8. The minimum absolute atomic E-state index is 0.0658. The first-order valence-electron chi connectivity index (χ1n) is 12.3. The molecule has 2 atom stereocenters. The molecule has 3 aromatic rings. The minimum Gasteiger partial charge on any atom is -0.385 e. The van der Waals surface area contributed by atoms with Crippen LogP contribution in [0.1, 0.15) is 48.6 Å². The molecule has 36 heavy (non-hydrogen) atoms. The van der Waals surface area contributed by atoms with Crippen LogP contribution in [0.25, 0.3) is 0 Å². The molecule has 0 aliphatic heterocycles. The van der Waals surface area contributed by atoms with Crippen LogP contribution in [0.2, 0.25) is 0 Å². The summed E-state index contributed by atoms with van der Waals surface area (Å²) in [5.74, 6) is 0. The Morgan fingerprint density at radius 2 is 1.53 bits per heavy atom. The van der Waals surface area contributed by atoms with Gasteiger partial charge in [0, 0.05) is 24.3 Å². The van der Waals surface area contributed by atoms with Crippen LogP contribution in [0.5, 0.6) is 0 Å². The maximum atomic E-state index is 13.8. The van der Waals surface area contributed by atoms with Gasteiger partial charge < -0.3 is 15.8 Å². The van der Waals surface area contributed by atoms with Gasteiger partial charge in [0.1, 0.15) is 6.04 Å². The zero-order chi connectivity index (χ0) is 26.0. The number of halogens is 3. The summed E-state index contributed by atoms with van der Waals surface area (Å²) in [5, 5.41) is 6.03. The van der Waals surface area contributed by atoms with Gasteiger partial charge in [-0.1, -0.05) is 73.7 Å². The average Bonchev–Trinajstić information content (AvgIpc) is 2.83. The summed E-state index contributed by atoms with van der Waals surface area (Å²) >= 11 is 0. The van der Waals surface area contributed by atoms with Crippen LogP contribution in [0.15, 0.2) is 78.9 Å². The van der Waals surface area contributed by atoms with Gasteiger partial charge in [-0.3, -0.25) is 5.32 Å². The van der Waals surface area contributed by atoms with Crippen molar-refractivity contribution < 1.29 is 17.9 Å². The number of rotatable bonds is 13. The first-order chi connectivity index (χ1) is 17.2. The van der Waals surface area contributed by atoms with Gasteiger partial charge in [0.25, 0.3) is 0 Å². The molecule has 4 N–H and O–H groups in total. The zero-order valence-corrected chi connectivity index (χ0v) is 20.9. The van der Waals surface area contributed by atoms with Crippen LogP contribution in [-0.2, 0) is 24.3 Å². The number of nitrogens with two attached hydrogens (primary N) is 1. The highest BCUT2D eigenvalue weighted by Gasteiger charge is 2.40. The van der Waals surface area contributed by atoms with Gasteiger partial charge in [0.2, 0.25) is 0 Å². The summed E-state index contributed by atoms with van der Waals surface area (Å²) in [6.07, 6.45) is -2.79. The van der Waals surface area contributed by atoms with E-state index in [-0.39, 0.29) is 12.1 Å². The van der Waals surface area contributed by atoms with Gasteiger partial charge >= 0.3 is 6.18 Å². The lowest BCUT2D eigenvalue weighted by molar-refractivity contribution is -0.158. The molecule has 0 spiro atoms. The maximum Gasteiger partial charge on any atom is 0.407 e. The molecule has 0 bridgehead atoms. The molecule has 0 heterocycles. The second kappa shape index (κ2) is 12.9. The number of alkyl halides is 3. The van der Waals surface area contributed by atoms with Crippen LogP contribution < -0.4 is 16.4 Å². The molecule has 0 aromatic heterocycles. The number of anilines is 1. The van der Waals surface area contributed by atoms with Crippen molar-refractivity contribution in [2.45, 2.75) is 57.6 Å². The normalized spacial score (nSPS) is 14.3. The number of hydrogen-bond donors (Lipinski definition) is 3. The number of nitrogens with one attached hydrogen (secondary N) is 2. The molecule has 3 rings (SSSR count). The summed E-state index contributed by atoms with van der Waals surface area (Å²) in [5.41, 5.74) is 9.74. The van der Waals surface area contributed by atoms with Crippen LogP contribution in [-0.4, -0.2) is 24.9 Å². The monoisotopic (exact) mass is 499 g/mol. The Hall–Kier alpha value is -2.87. The quantitative estimate of drug-likeness (QED) is 0.255. The largest absolute Gasteiger partial charge is 0.407 e. The molecule has 0 aliphatic rings. The fraction of sp³-hybridized carbons (Fsp3) is 0.379. The van der Waals surface area contributed by atoms with Crippen molar-refractivity contribution in [1.29, 1.82) is 0 Å². The Bertz CT molecular complexity index is 1060. The van der Waals surface area contributed by atoms with Gasteiger partial charge in [-0.05, 0) is 54.2 Å². The van der Waals surface area contributed by atoms with Crippen LogP contribution >= 0.6 is 0 Å². The summed E-state index contributed by atoms with van der Waals surface area (Å²) in [6.45, 7) is 5.52. The molecule has 4 nitrogen and oxygen atoms in total. The fourth-order valence-electron chi connectivity index (χ4n) is 4.12. The molecule has 7 heteroatoms. The Balaban J connectivity index is 1.68. The van der Waals surface area contributed by atoms with E-state index in [1.807, 2.05) is 55.5 Å². The van der Waals surface area contributed by atoms with Gasteiger partial charge in [0.15, 0.2) is 0 Å². The lowest BCUT2D eigenvalue weighted by Gasteiger charge is -2.25. The van der Waals surface area contributed by atoms with E-state index in [1.165, 1.54) is 12.1 Å². The number of ether oxygens (including phenoxy) is 1. The molecular weight excluding hydrogens is 463 g/mol. The van der Waals surface area contributed by atoms with Crippen LogP contribution in [0, 0.1) is 0 Å². The zero-order valence-electron chi connectivity index (χ0n) is 20.9. The molecule has 0 amide bonds. The van der Waals surface area contributed by atoms with E-state index >= 15 is 0 Å². The topological polar surface area (TPSA) is 59.3 Å². The smallest absolute Gasteiger partial charge is 0.385 e. The molecule has 194 valence electrons. The summed E-state index contributed by atoms with van der Waals surface area (Å²) < 4.78 is 47.3. The summed E-state index contributed by atoms with van der Waals surface area (Å²) in [4.78, 5) is 0. The highest BCUT2D eigenvalue weighted by atomic mass is 19.4. The van der Waals surface area contributed by atoms with Gasteiger partial charge in [-0.2, -0.15) is 13.2 Å². The Morgan fingerprint density at radius 3 is 2.17 bits per heavy atom. The van der Waals surface area contributed by atoms with E-state index in [0.717, 1.165) is 35.3 Å². The molecule has 2 unspecified atom stereocenters. The van der Waals surface area contributed by atoms with Crippen molar-refractivity contribution in [3.8, 4) is 0 Å². The number of benzene rings is 3. The molecule has 0 saturated heterocycles. The predicted molar refractivity (Wildman–Crippen MR) is 140 cm³/mol. The van der Waals surface area contributed by atoms with Crippen molar-refractivity contribution in [3.63, 3.8) is 0 Å². The lowest BCUT2D eigenvalue weighted by Crippen LogP contribution is -2.43. The van der Waals surface area contributed by atoms with Crippen molar-refractivity contribution in [2.24, 2.45) is 5.73 Å². The average molecular weight is 500 g/mol. The van der Waals surface area contributed by atoms with E-state index in [4.69, 9.17) is 10.5 Å². The summed E-state index contributed by atoms with van der Waals surface area (Å²) in [6, 6.07) is 21.9. The van der Waals surface area contributed by atoms with Crippen molar-refractivity contribution in [3.05, 3.63) is 101 Å². The lowest BCUT2D eigenvalue weighted by atomic mass is 9.95. The third kappa shape index (κ3) is 8.97. The molecule has 0 fully saturated rings. The second-order valence-electron chi connectivity index (χ2n) is 9.54. The van der Waals surface area contributed by atoms with E-state index < -0.39 is 17.8 Å². The summed E-state index contributed by atoms with van der Waals surface area (Å²) in [7, 11) is 0. The minimum atomic E-state index is -4.41. The van der Waals surface area contributed by atoms with E-state index in [2.05, 4.69) is 17.6 Å². The molecular formula is C29H36F3N3O. The second-order valence-corrected chi connectivity index (χ2v) is 9.54. The SMILES string of the molecule is CCCNc1cc(CNC(c2ccccc2)C(F)(F)F)cc(COCC(C)(N)Cc2ccccc2)c1. The predicted octanol–water partition coefficient (Wildman–Crippen LogP) is 6.38. The third-order valence-corrected chi connectivity index (χ3v) is 5.75. The molecule has 0 saturated carbocycles. The van der Waals surface area contributed by atoms with E-state index in [0.29, 0.717) is 19.6 Å². The van der Waals surface area contributed by atoms with Crippen LogP contribution in [0.4, 0.5) is 18.9 Å². The first-order valence-corrected chi connectivity index (χ1v) is 12.3. The van der Waals surface area contributed by atoms with E-state index in [9.17, 15) is 13.2 Å². The molecule has 3 aromatic carbocycles. The van der Waals surface area contributed by atoms with Gasteiger partial charge in [-0.15, -0.1) is 0 Å².